The Morgan fingerprint density at radius 2 is 2.06 bits per heavy atom. The van der Waals surface area contributed by atoms with Gasteiger partial charge in [-0.05, 0) is 12.8 Å². The average Bonchev–Trinajstić information content (AvgIpc) is 2.34. The number of halogens is 2. The van der Waals surface area contributed by atoms with Crippen molar-refractivity contribution >= 4 is 51.5 Å². The Kier molecular flexibility index (Phi) is 6.81. The fourth-order valence-corrected chi connectivity index (χ4v) is 2.46. The summed E-state index contributed by atoms with van der Waals surface area (Å²) in [4.78, 5) is 8.72. The van der Waals surface area contributed by atoms with Crippen LogP contribution in [0.5, 0.6) is 0 Å². The third-order valence-electron chi connectivity index (χ3n) is 2.33. The molecule has 0 saturated heterocycles. The van der Waals surface area contributed by atoms with Crippen molar-refractivity contribution in [2.24, 2.45) is 0 Å². The lowest BCUT2D eigenvalue weighted by atomic mass is 10.1. The van der Waals surface area contributed by atoms with Crippen LogP contribution >= 0.6 is 45.7 Å². The van der Waals surface area contributed by atoms with Crippen LogP contribution in [0.1, 0.15) is 25.1 Å². The molecule has 0 spiro atoms. The molecule has 0 fully saturated rings. The van der Waals surface area contributed by atoms with Gasteiger partial charge in [0, 0.05) is 47.2 Å². The van der Waals surface area contributed by atoms with Gasteiger partial charge in [-0.1, -0.05) is 13.8 Å². The summed E-state index contributed by atoms with van der Waals surface area (Å²) in [6.07, 6.45) is 3.61. The van der Waals surface area contributed by atoms with E-state index in [-0.39, 0.29) is 0 Å². The van der Waals surface area contributed by atoms with Crippen molar-refractivity contribution in [3.63, 3.8) is 0 Å². The van der Waals surface area contributed by atoms with Crippen molar-refractivity contribution in [3.8, 4) is 0 Å². The molecule has 0 aromatic carbocycles. The summed E-state index contributed by atoms with van der Waals surface area (Å²) in [5.41, 5.74) is 2.43. The van der Waals surface area contributed by atoms with Gasteiger partial charge in [0.25, 0.3) is 0 Å². The Hall–Kier alpha value is 0.300. The van der Waals surface area contributed by atoms with Crippen LogP contribution in [0.15, 0.2) is 6.33 Å². The van der Waals surface area contributed by atoms with E-state index in [2.05, 4.69) is 76.2 Å². The molecular weight excluding hydrogens is 430 g/mol. The summed E-state index contributed by atoms with van der Waals surface area (Å²) in [7, 11) is 0. The summed E-state index contributed by atoms with van der Waals surface area (Å²) >= 11 is 4.47. The molecule has 0 amide bonds. The van der Waals surface area contributed by atoms with Crippen LogP contribution in [0.4, 0.5) is 5.82 Å². The van der Waals surface area contributed by atoms with Gasteiger partial charge >= 0.3 is 0 Å². The zero-order valence-corrected chi connectivity index (χ0v) is 13.8. The molecule has 0 radical (unpaired) electrons. The van der Waals surface area contributed by atoms with Crippen LogP contribution in [0, 0.1) is 0 Å². The molecule has 16 heavy (non-hydrogen) atoms. The van der Waals surface area contributed by atoms with Crippen molar-refractivity contribution in [3.05, 3.63) is 17.6 Å². The first-order valence-corrected chi connectivity index (χ1v) is 7.38. The van der Waals surface area contributed by atoms with Gasteiger partial charge in [-0.15, -0.1) is 0 Å². The zero-order valence-electron chi connectivity index (χ0n) is 9.50. The molecule has 4 nitrogen and oxygen atoms in total. The highest BCUT2D eigenvalue weighted by atomic mass is 127. The number of hydrogen-bond donors (Lipinski definition) is 1. The summed E-state index contributed by atoms with van der Waals surface area (Å²) in [5, 5.41) is 0. The van der Waals surface area contributed by atoms with E-state index >= 15 is 0 Å². The van der Waals surface area contributed by atoms with E-state index in [1.165, 1.54) is 5.56 Å². The number of aromatic nitrogens is 2. The molecule has 90 valence electrons. The van der Waals surface area contributed by atoms with Gasteiger partial charge in [0.1, 0.15) is 12.1 Å². The highest BCUT2D eigenvalue weighted by molar-refractivity contribution is 14.1. The van der Waals surface area contributed by atoms with Gasteiger partial charge in [0.05, 0.1) is 22.9 Å². The largest absolute Gasteiger partial charge is 0.298 e. The first-order chi connectivity index (χ1) is 7.74. The highest BCUT2D eigenvalue weighted by Crippen LogP contribution is 2.23. The van der Waals surface area contributed by atoms with Crippen molar-refractivity contribution < 1.29 is 0 Å². The molecule has 1 heterocycles. The number of aryl methyl sites for hydroxylation is 1. The van der Waals surface area contributed by atoms with Crippen molar-refractivity contribution in [2.75, 3.05) is 16.2 Å². The molecule has 0 aliphatic carbocycles. The molecule has 1 aromatic heterocycles. The zero-order chi connectivity index (χ0) is 12.0. The predicted molar refractivity (Wildman–Crippen MR) is 84.2 cm³/mol. The van der Waals surface area contributed by atoms with Crippen molar-refractivity contribution in [2.45, 2.75) is 26.7 Å². The third kappa shape index (κ3) is 3.66. The number of nitrogens with zero attached hydrogens (tertiary/aromatic N) is 3. The average molecular weight is 446 g/mol. The Bertz CT molecular complexity index is 333. The van der Waals surface area contributed by atoms with E-state index < -0.39 is 0 Å². The topological polar surface area (TPSA) is 41.1 Å². The number of anilines is 1. The van der Waals surface area contributed by atoms with Gasteiger partial charge < -0.3 is 0 Å². The van der Waals surface area contributed by atoms with Crippen LogP contribution in [0.2, 0.25) is 0 Å². The maximum Gasteiger partial charge on any atom is 0.144 e. The lowest BCUT2D eigenvalue weighted by Crippen LogP contribution is -2.22. The van der Waals surface area contributed by atoms with E-state index in [1.54, 1.807) is 6.33 Å². The molecule has 0 aliphatic heterocycles. The summed E-state index contributed by atoms with van der Waals surface area (Å²) in [5.74, 6) is 1.06. The third-order valence-corrected chi connectivity index (χ3v) is 3.81. The van der Waals surface area contributed by atoms with Crippen LogP contribution in [-0.4, -0.2) is 23.1 Å². The minimum absolute atomic E-state index is 0.941. The molecule has 0 bridgehead atoms. The summed E-state index contributed by atoms with van der Waals surface area (Å²) in [6, 6.07) is 0. The minimum Gasteiger partial charge on any atom is -0.298 e. The summed E-state index contributed by atoms with van der Waals surface area (Å²) < 4.78 is 5.27. The maximum atomic E-state index is 4.39. The van der Waals surface area contributed by atoms with Crippen molar-refractivity contribution in [1.29, 1.82) is 0 Å². The Morgan fingerprint density at radius 1 is 1.31 bits per heavy atom. The predicted octanol–water partition coefficient (Wildman–Crippen LogP) is 2.70. The smallest absolute Gasteiger partial charge is 0.144 e. The van der Waals surface area contributed by atoms with Gasteiger partial charge in [0.15, 0.2) is 0 Å². The van der Waals surface area contributed by atoms with E-state index in [1.807, 2.05) is 0 Å². The number of nitrogens with one attached hydrogen (secondary N) is 1. The van der Waals surface area contributed by atoms with E-state index in [0.717, 1.165) is 37.4 Å². The summed E-state index contributed by atoms with van der Waals surface area (Å²) in [6.45, 7) is 6.17. The first kappa shape index (κ1) is 14.4. The lowest BCUT2D eigenvalue weighted by Gasteiger charge is -2.19. The Morgan fingerprint density at radius 3 is 2.62 bits per heavy atom. The first-order valence-electron chi connectivity index (χ1n) is 5.34. The second-order valence-electron chi connectivity index (χ2n) is 3.30. The van der Waals surface area contributed by atoms with Gasteiger partial charge in [-0.25, -0.2) is 9.97 Å². The molecule has 0 unspecified atom stereocenters. The molecule has 0 atom stereocenters. The molecule has 1 rings (SSSR count). The molecule has 1 N–H and O–H groups in total. The normalized spacial score (nSPS) is 10.5. The van der Waals surface area contributed by atoms with E-state index in [4.69, 9.17) is 0 Å². The quantitative estimate of drug-likeness (QED) is 0.540. The Labute approximate surface area is 125 Å². The molecule has 1 aromatic rings. The van der Waals surface area contributed by atoms with Crippen molar-refractivity contribution in [1.82, 2.24) is 13.5 Å². The SMILES string of the molecule is CCc1ncnc(N(I)CCNI)c1CC. The maximum absolute atomic E-state index is 4.39. The highest BCUT2D eigenvalue weighted by Gasteiger charge is 2.12. The van der Waals surface area contributed by atoms with E-state index in [9.17, 15) is 0 Å². The minimum atomic E-state index is 0.941. The van der Waals surface area contributed by atoms with Gasteiger partial charge in [0.2, 0.25) is 0 Å². The molecule has 6 heteroatoms. The van der Waals surface area contributed by atoms with E-state index in [0.29, 0.717) is 0 Å². The van der Waals surface area contributed by atoms with Crippen LogP contribution in [0.3, 0.4) is 0 Å². The van der Waals surface area contributed by atoms with Gasteiger partial charge in [-0.2, -0.15) is 0 Å². The van der Waals surface area contributed by atoms with Gasteiger partial charge in [-0.3, -0.25) is 6.64 Å². The number of rotatable bonds is 6. The standard InChI is InChI=1S/C10H16I2N4/c1-3-8-9(4-2)13-7-14-10(8)16(12)6-5-15-11/h7,15H,3-6H2,1-2H3. The number of hydrogen-bond acceptors (Lipinski definition) is 4. The lowest BCUT2D eigenvalue weighted by molar-refractivity contribution is 0.891. The second kappa shape index (κ2) is 7.59. The molecule has 0 aliphatic rings. The Balaban J connectivity index is 2.93. The molecular formula is C10H16I2N4. The molecule has 0 saturated carbocycles. The van der Waals surface area contributed by atoms with Crippen LogP contribution < -0.4 is 6.64 Å². The van der Waals surface area contributed by atoms with Crippen LogP contribution in [0.25, 0.3) is 0 Å². The van der Waals surface area contributed by atoms with Crippen LogP contribution in [-0.2, 0) is 12.8 Å². The fraction of sp³-hybridized carbons (Fsp3) is 0.600. The second-order valence-corrected chi connectivity index (χ2v) is 5.23. The monoisotopic (exact) mass is 446 g/mol. The fourth-order valence-electron chi connectivity index (χ4n) is 1.56.